The summed E-state index contributed by atoms with van der Waals surface area (Å²) in [6.07, 6.45) is 0. The Labute approximate surface area is 28.8 Å². The number of nitrogens with zero attached hydrogens (tertiary/aromatic N) is 1. The number of amides is 1. The lowest BCUT2D eigenvalue weighted by Crippen LogP contribution is -1.82. The summed E-state index contributed by atoms with van der Waals surface area (Å²) in [6.45, 7) is 0.222. The molecule has 1 heterocycles. The van der Waals surface area contributed by atoms with E-state index in [-0.39, 0.29) is 12.5 Å². The molecule has 0 aliphatic carbocycles. The van der Waals surface area contributed by atoms with E-state index in [1.807, 2.05) is 0 Å². The van der Waals surface area contributed by atoms with Gasteiger partial charge in [0.1, 0.15) is 6.54 Å². The van der Waals surface area contributed by atoms with E-state index < -0.39 is 0 Å². The Morgan fingerprint density at radius 1 is 2.00 bits per heavy atom. The zero-order chi connectivity index (χ0) is 3.86. The van der Waals surface area contributed by atoms with Gasteiger partial charge in [0.15, 0.2) is 0 Å². The molecule has 0 unspecified atom stereocenters. The van der Waals surface area contributed by atoms with Gasteiger partial charge in [0, 0.05) is 0 Å². The van der Waals surface area contributed by atoms with E-state index in [0.29, 0.717) is 5.06 Å². The molecule has 28 valence electrons. The molecule has 0 spiro atoms. The van der Waals surface area contributed by atoms with Gasteiger partial charge in [-0.1, -0.05) is 0 Å². The van der Waals surface area contributed by atoms with E-state index in [4.69, 9.17) is 5.21 Å². The molecule has 0 radical (unpaired) electrons. The monoisotopic (exact) mass is 73.0 g/mol. The van der Waals surface area contributed by atoms with Crippen LogP contribution in [0.4, 0.5) is 0 Å². The summed E-state index contributed by atoms with van der Waals surface area (Å²) in [5.74, 6) is -0.190. The molecule has 1 N–H and O–H groups in total. The second kappa shape index (κ2) is 0.490. The second-order valence-electron chi connectivity index (χ2n) is 0.951. The summed E-state index contributed by atoms with van der Waals surface area (Å²) in [7, 11) is 0. The van der Waals surface area contributed by atoms with Gasteiger partial charge >= 0.3 is 0 Å². The molecule has 5 heavy (non-hydrogen) atoms. The third kappa shape index (κ3) is 0.238. The Kier molecular flexibility index (Phi) is 0.260. The van der Waals surface area contributed by atoms with Crippen molar-refractivity contribution in [2.45, 2.75) is 0 Å². The summed E-state index contributed by atoms with van der Waals surface area (Å²) in [5, 5.41) is 8.57. The van der Waals surface area contributed by atoms with Crippen molar-refractivity contribution in [2.75, 3.05) is 6.54 Å². The average Bonchev–Trinajstić information content (AvgIpc) is 1.79. The fourth-order valence-corrected chi connectivity index (χ4v) is 0.0928. The SMILES string of the molecule is O=C1CN1O. The van der Waals surface area contributed by atoms with Gasteiger partial charge in [0.25, 0.3) is 5.91 Å². The van der Waals surface area contributed by atoms with Gasteiger partial charge in [0.2, 0.25) is 0 Å². The van der Waals surface area contributed by atoms with Crippen molar-refractivity contribution < 1.29 is 10.0 Å². The molecule has 0 aromatic rings. The predicted molar refractivity (Wildman–Crippen MR) is 13.5 cm³/mol. The highest BCUT2D eigenvalue weighted by Gasteiger charge is 2.27. The van der Waals surface area contributed by atoms with Gasteiger partial charge in [-0.2, -0.15) is 0 Å². The number of hydrogen-bond acceptors (Lipinski definition) is 2. The molecular formula is C2H3NO2. The Bertz CT molecular complexity index is 70.0. The highest BCUT2D eigenvalue weighted by Crippen LogP contribution is 1.97. The molecule has 0 atom stereocenters. The molecule has 1 aliphatic heterocycles. The van der Waals surface area contributed by atoms with Crippen molar-refractivity contribution >= 4 is 5.91 Å². The average molecular weight is 73.1 g/mol. The first-order chi connectivity index (χ1) is 2.30. The van der Waals surface area contributed by atoms with Gasteiger partial charge in [-0.05, 0) is 0 Å². The van der Waals surface area contributed by atoms with Crippen LogP contribution in [0.5, 0.6) is 0 Å². The molecule has 3 heteroatoms. The zero-order valence-corrected chi connectivity index (χ0v) is 2.51. The Balaban J connectivity index is 2.47. The number of carbonyl (C=O) groups excluding carboxylic acids is 1. The fraction of sp³-hybridized carbons (Fsp3) is 0.500. The lowest BCUT2D eigenvalue weighted by molar-refractivity contribution is -0.124. The van der Waals surface area contributed by atoms with Crippen LogP contribution in [0, 0.1) is 0 Å². The number of carbonyl (C=O) groups is 1. The molecule has 1 aliphatic rings. The molecule has 1 fully saturated rings. The normalized spacial score (nSPS) is 20.2. The number of rotatable bonds is 0. The standard InChI is InChI=1S/C2H3NO2/c4-2-1-3(2)5/h5H,1H2. The minimum absolute atomic E-state index is 0.190. The first kappa shape index (κ1) is 2.66. The Morgan fingerprint density at radius 3 is 2.20 bits per heavy atom. The molecule has 1 saturated heterocycles. The largest absolute Gasteiger partial charge is 0.285 e. The minimum atomic E-state index is -0.190. The lowest BCUT2D eigenvalue weighted by Gasteiger charge is -1.68. The van der Waals surface area contributed by atoms with Crippen LogP contribution in [0.25, 0.3) is 0 Å². The van der Waals surface area contributed by atoms with Gasteiger partial charge in [-0.3, -0.25) is 10.0 Å². The van der Waals surface area contributed by atoms with E-state index in [1.54, 1.807) is 0 Å². The quantitative estimate of drug-likeness (QED) is 0.302. The fourth-order valence-electron chi connectivity index (χ4n) is 0.0928. The van der Waals surface area contributed by atoms with Gasteiger partial charge < -0.3 is 0 Å². The highest BCUT2D eigenvalue weighted by atomic mass is 16.5. The van der Waals surface area contributed by atoms with Gasteiger partial charge in [0.05, 0.1) is 0 Å². The minimum Gasteiger partial charge on any atom is -0.285 e. The van der Waals surface area contributed by atoms with E-state index >= 15 is 0 Å². The summed E-state index contributed by atoms with van der Waals surface area (Å²) < 4.78 is 0. The predicted octanol–water partition coefficient (Wildman–Crippen LogP) is -0.782. The molecule has 0 aromatic carbocycles. The maximum Gasteiger partial charge on any atom is 0.268 e. The summed E-state index contributed by atoms with van der Waals surface area (Å²) in [4.78, 5) is 9.56. The molecule has 0 aromatic heterocycles. The first-order valence-electron chi connectivity index (χ1n) is 1.30. The van der Waals surface area contributed by atoms with Crippen LogP contribution in [0.1, 0.15) is 0 Å². The van der Waals surface area contributed by atoms with Crippen LogP contribution in [-0.4, -0.2) is 22.7 Å². The van der Waals surface area contributed by atoms with Crippen LogP contribution in [0.15, 0.2) is 0 Å². The smallest absolute Gasteiger partial charge is 0.268 e. The van der Waals surface area contributed by atoms with Crippen LogP contribution in [0.3, 0.4) is 0 Å². The van der Waals surface area contributed by atoms with Crippen molar-refractivity contribution in [3.63, 3.8) is 0 Å². The van der Waals surface area contributed by atoms with Crippen LogP contribution in [0.2, 0.25) is 0 Å². The van der Waals surface area contributed by atoms with Crippen molar-refractivity contribution in [1.82, 2.24) is 5.06 Å². The van der Waals surface area contributed by atoms with Crippen LogP contribution >= 0.6 is 0 Å². The summed E-state index contributed by atoms with van der Waals surface area (Å²) in [5.41, 5.74) is 0. The maximum atomic E-state index is 9.56. The van der Waals surface area contributed by atoms with Crippen molar-refractivity contribution in [1.29, 1.82) is 0 Å². The van der Waals surface area contributed by atoms with Gasteiger partial charge in [-0.25, -0.2) is 5.06 Å². The van der Waals surface area contributed by atoms with Crippen molar-refractivity contribution in [2.24, 2.45) is 0 Å². The molecular weight excluding hydrogens is 70.0 g/mol. The van der Waals surface area contributed by atoms with E-state index in [0.717, 1.165) is 0 Å². The molecule has 1 rings (SSSR count). The topological polar surface area (TPSA) is 40.3 Å². The van der Waals surface area contributed by atoms with Crippen LogP contribution in [-0.2, 0) is 4.79 Å². The third-order valence-electron chi connectivity index (χ3n) is 0.469. The second-order valence-corrected chi connectivity index (χ2v) is 0.951. The molecule has 3 nitrogen and oxygen atoms in total. The van der Waals surface area contributed by atoms with Gasteiger partial charge in [-0.15, -0.1) is 0 Å². The Hall–Kier alpha value is -0.570. The highest BCUT2D eigenvalue weighted by molar-refractivity contribution is 5.90. The number of hydrogen-bond donors (Lipinski definition) is 1. The summed E-state index contributed by atoms with van der Waals surface area (Å²) in [6, 6.07) is 0. The van der Waals surface area contributed by atoms with Crippen molar-refractivity contribution in [3.05, 3.63) is 0 Å². The molecule has 0 saturated carbocycles. The lowest BCUT2D eigenvalue weighted by atomic mass is 11.0. The zero-order valence-electron chi connectivity index (χ0n) is 2.51. The van der Waals surface area contributed by atoms with Crippen molar-refractivity contribution in [3.8, 4) is 0 Å². The summed E-state index contributed by atoms with van der Waals surface area (Å²) >= 11 is 0. The maximum absolute atomic E-state index is 9.56. The Morgan fingerprint density at radius 2 is 2.20 bits per heavy atom. The third-order valence-corrected chi connectivity index (χ3v) is 0.469. The van der Waals surface area contributed by atoms with E-state index in [9.17, 15) is 4.79 Å². The first-order valence-corrected chi connectivity index (χ1v) is 1.30. The number of hydroxylamine groups is 2. The molecule has 1 amide bonds. The van der Waals surface area contributed by atoms with E-state index in [2.05, 4.69) is 0 Å². The van der Waals surface area contributed by atoms with E-state index in [1.165, 1.54) is 0 Å². The van der Waals surface area contributed by atoms with Crippen LogP contribution < -0.4 is 0 Å². The molecule has 0 bridgehead atoms.